The van der Waals surface area contributed by atoms with E-state index >= 15 is 0 Å². The average Bonchev–Trinajstić information content (AvgIpc) is 2.95. The first-order valence-corrected chi connectivity index (χ1v) is 5.78. The van der Waals surface area contributed by atoms with Crippen LogP contribution in [0.2, 0.25) is 0 Å². The third kappa shape index (κ3) is 2.88. The lowest BCUT2D eigenvalue weighted by Crippen LogP contribution is -2.09. The highest BCUT2D eigenvalue weighted by Gasteiger charge is 2.34. The summed E-state index contributed by atoms with van der Waals surface area (Å²) in [4.78, 5) is 0. The van der Waals surface area contributed by atoms with E-state index in [1.807, 2.05) is 0 Å². The van der Waals surface area contributed by atoms with Crippen molar-refractivity contribution in [2.45, 2.75) is 26.2 Å². The Morgan fingerprint density at radius 2 is 2.11 bits per heavy atom. The van der Waals surface area contributed by atoms with Crippen molar-refractivity contribution >= 4 is 5.69 Å². The zero-order valence-electron chi connectivity index (χ0n) is 10.6. The van der Waals surface area contributed by atoms with E-state index in [0.717, 1.165) is 11.8 Å². The summed E-state index contributed by atoms with van der Waals surface area (Å²) in [5.74, 6) is 0. The number of hydrogen-bond donors (Lipinski definition) is 1. The van der Waals surface area contributed by atoms with E-state index in [1.54, 1.807) is 31.0 Å². The zero-order chi connectivity index (χ0) is 14.0. The van der Waals surface area contributed by atoms with Crippen LogP contribution in [0.1, 0.15) is 18.3 Å². The van der Waals surface area contributed by atoms with Gasteiger partial charge in [0.1, 0.15) is 0 Å². The molecule has 0 aliphatic carbocycles. The summed E-state index contributed by atoms with van der Waals surface area (Å²) < 4.78 is 40.7. The second-order valence-corrected chi connectivity index (χ2v) is 4.01. The van der Waals surface area contributed by atoms with E-state index in [9.17, 15) is 13.2 Å². The van der Waals surface area contributed by atoms with E-state index < -0.39 is 11.9 Å². The quantitative estimate of drug-likeness (QED) is 0.929. The normalized spacial score (nSPS) is 11.8. The number of aromatic nitrogens is 4. The van der Waals surface area contributed by atoms with Gasteiger partial charge in [0.15, 0.2) is 5.69 Å². The molecular formula is C11H14F3N5. The summed E-state index contributed by atoms with van der Waals surface area (Å²) in [5.41, 5.74) is 0.407. The van der Waals surface area contributed by atoms with Gasteiger partial charge in [0.2, 0.25) is 0 Å². The number of anilines is 1. The van der Waals surface area contributed by atoms with Crippen molar-refractivity contribution in [3.05, 3.63) is 29.8 Å². The molecule has 0 radical (unpaired) electrons. The standard InChI is InChI=1S/C11H14F3N5/c1-3-19-9(4-10(17-19)11(12,13)14)7-18-6-8(15-2)5-16-18/h4-6,15H,3,7H2,1-2H3. The van der Waals surface area contributed by atoms with E-state index in [4.69, 9.17) is 0 Å². The number of nitrogens with one attached hydrogen (secondary N) is 1. The van der Waals surface area contributed by atoms with Crippen LogP contribution in [0.3, 0.4) is 0 Å². The Morgan fingerprint density at radius 1 is 1.37 bits per heavy atom. The fourth-order valence-electron chi connectivity index (χ4n) is 1.74. The van der Waals surface area contributed by atoms with Crippen LogP contribution in [0.15, 0.2) is 18.5 Å². The summed E-state index contributed by atoms with van der Waals surface area (Å²) in [5, 5.41) is 10.5. The highest BCUT2D eigenvalue weighted by atomic mass is 19.4. The second kappa shape index (κ2) is 4.94. The molecule has 0 unspecified atom stereocenters. The first-order chi connectivity index (χ1) is 8.94. The molecule has 2 heterocycles. The predicted octanol–water partition coefficient (Wildman–Crippen LogP) is 2.21. The Balaban J connectivity index is 2.26. The van der Waals surface area contributed by atoms with Crippen LogP contribution in [0.5, 0.6) is 0 Å². The van der Waals surface area contributed by atoms with E-state index in [0.29, 0.717) is 12.2 Å². The monoisotopic (exact) mass is 273 g/mol. The van der Waals surface area contributed by atoms with Crippen molar-refractivity contribution in [3.63, 3.8) is 0 Å². The lowest BCUT2D eigenvalue weighted by atomic mass is 10.3. The van der Waals surface area contributed by atoms with Crippen LogP contribution in [0, 0.1) is 0 Å². The molecule has 1 N–H and O–H groups in total. The van der Waals surface area contributed by atoms with Crippen molar-refractivity contribution < 1.29 is 13.2 Å². The van der Waals surface area contributed by atoms with Crippen molar-refractivity contribution in [3.8, 4) is 0 Å². The molecule has 0 spiro atoms. The van der Waals surface area contributed by atoms with Crippen molar-refractivity contribution in [1.82, 2.24) is 19.6 Å². The maximum Gasteiger partial charge on any atom is 0.435 e. The summed E-state index contributed by atoms with van der Waals surface area (Å²) in [6.07, 6.45) is -1.09. The lowest BCUT2D eigenvalue weighted by molar-refractivity contribution is -0.141. The van der Waals surface area contributed by atoms with Gasteiger partial charge in [-0.25, -0.2) is 0 Å². The Morgan fingerprint density at radius 3 is 2.63 bits per heavy atom. The molecule has 5 nitrogen and oxygen atoms in total. The molecule has 8 heteroatoms. The van der Waals surface area contributed by atoms with Gasteiger partial charge in [-0.15, -0.1) is 0 Å². The molecule has 0 saturated carbocycles. The molecule has 0 fully saturated rings. The third-order valence-electron chi connectivity index (χ3n) is 2.70. The fourth-order valence-corrected chi connectivity index (χ4v) is 1.74. The number of alkyl halides is 3. The maximum absolute atomic E-state index is 12.6. The Labute approximate surface area is 108 Å². The summed E-state index contributed by atoms with van der Waals surface area (Å²) in [6, 6.07) is 1.06. The minimum absolute atomic E-state index is 0.249. The molecular weight excluding hydrogens is 259 g/mol. The Hall–Kier alpha value is -1.99. The Bertz CT molecular complexity index is 555. The topological polar surface area (TPSA) is 47.7 Å². The molecule has 0 atom stereocenters. The highest BCUT2D eigenvalue weighted by molar-refractivity contribution is 5.37. The van der Waals surface area contributed by atoms with Crippen molar-refractivity contribution in [2.24, 2.45) is 0 Å². The molecule has 2 aromatic heterocycles. The van der Waals surface area contributed by atoms with Crippen molar-refractivity contribution in [1.29, 1.82) is 0 Å². The third-order valence-corrected chi connectivity index (χ3v) is 2.70. The summed E-state index contributed by atoms with van der Waals surface area (Å²) >= 11 is 0. The van der Waals surface area contributed by atoms with Gasteiger partial charge < -0.3 is 5.32 Å². The Kier molecular flexibility index (Phi) is 3.50. The molecule has 0 saturated heterocycles. The van der Waals surface area contributed by atoms with Gasteiger partial charge >= 0.3 is 6.18 Å². The number of rotatable bonds is 4. The number of hydrogen-bond acceptors (Lipinski definition) is 3. The molecule has 0 amide bonds. The first kappa shape index (κ1) is 13.4. The molecule has 0 aliphatic rings. The minimum atomic E-state index is -4.42. The van der Waals surface area contributed by atoms with Gasteiger partial charge in [0.05, 0.1) is 24.1 Å². The van der Waals surface area contributed by atoms with Gasteiger partial charge in [-0.2, -0.15) is 23.4 Å². The average molecular weight is 273 g/mol. The van der Waals surface area contributed by atoms with Crippen LogP contribution < -0.4 is 5.32 Å². The lowest BCUT2D eigenvalue weighted by Gasteiger charge is -2.04. The van der Waals surface area contributed by atoms with Gasteiger partial charge in [-0.05, 0) is 13.0 Å². The van der Waals surface area contributed by atoms with E-state index in [1.165, 1.54) is 4.68 Å². The van der Waals surface area contributed by atoms with E-state index in [2.05, 4.69) is 15.5 Å². The number of aryl methyl sites for hydroxylation is 1. The molecule has 2 rings (SSSR count). The molecule has 0 aliphatic heterocycles. The molecule has 19 heavy (non-hydrogen) atoms. The smallest absolute Gasteiger partial charge is 0.386 e. The first-order valence-electron chi connectivity index (χ1n) is 5.78. The number of nitrogens with zero attached hydrogens (tertiary/aromatic N) is 4. The van der Waals surface area contributed by atoms with Crippen molar-refractivity contribution in [2.75, 3.05) is 12.4 Å². The van der Waals surface area contributed by atoms with Gasteiger partial charge in [0, 0.05) is 19.8 Å². The van der Waals surface area contributed by atoms with Crippen LogP contribution >= 0.6 is 0 Å². The molecule has 104 valence electrons. The SMILES string of the molecule is CCn1nc(C(F)(F)F)cc1Cn1cc(NC)cn1. The fraction of sp³-hybridized carbons (Fsp3) is 0.455. The predicted molar refractivity (Wildman–Crippen MR) is 63.8 cm³/mol. The number of halogens is 3. The molecule has 2 aromatic rings. The van der Waals surface area contributed by atoms with E-state index in [-0.39, 0.29) is 6.54 Å². The second-order valence-electron chi connectivity index (χ2n) is 4.01. The van der Waals surface area contributed by atoms with Crippen LogP contribution in [0.4, 0.5) is 18.9 Å². The molecule has 0 aromatic carbocycles. The van der Waals surface area contributed by atoms with Gasteiger partial charge in [0.25, 0.3) is 0 Å². The summed E-state index contributed by atoms with van der Waals surface area (Å²) in [7, 11) is 1.75. The van der Waals surface area contributed by atoms with Crippen LogP contribution in [-0.2, 0) is 19.3 Å². The van der Waals surface area contributed by atoms with Crippen LogP contribution in [0.25, 0.3) is 0 Å². The van der Waals surface area contributed by atoms with Gasteiger partial charge in [-0.1, -0.05) is 0 Å². The van der Waals surface area contributed by atoms with Gasteiger partial charge in [-0.3, -0.25) is 9.36 Å². The summed E-state index contributed by atoms with van der Waals surface area (Å²) in [6.45, 7) is 2.38. The minimum Gasteiger partial charge on any atom is -0.386 e. The van der Waals surface area contributed by atoms with Crippen LogP contribution in [-0.4, -0.2) is 26.6 Å². The maximum atomic E-state index is 12.6. The zero-order valence-corrected chi connectivity index (χ0v) is 10.6. The largest absolute Gasteiger partial charge is 0.435 e. The molecule has 0 bridgehead atoms. The highest BCUT2D eigenvalue weighted by Crippen LogP contribution is 2.28.